The first-order chi connectivity index (χ1) is 7.66. The van der Waals surface area contributed by atoms with Gasteiger partial charge < -0.3 is 11.1 Å². The molecule has 16 heavy (non-hydrogen) atoms. The highest BCUT2D eigenvalue weighted by atomic mass is 16.2. The van der Waals surface area contributed by atoms with E-state index in [1.807, 2.05) is 19.1 Å². The number of hydrogen-bond acceptors (Lipinski definition) is 3. The van der Waals surface area contributed by atoms with E-state index in [-0.39, 0.29) is 17.9 Å². The number of rotatable bonds is 2. The van der Waals surface area contributed by atoms with Crippen molar-refractivity contribution in [1.29, 1.82) is 0 Å². The Morgan fingerprint density at radius 1 is 1.50 bits per heavy atom. The van der Waals surface area contributed by atoms with Crippen LogP contribution in [0.3, 0.4) is 0 Å². The molecule has 3 N–H and O–H groups in total. The van der Waals surface area contributed by atoms with Crippen LogP contribution < -0.4 is 11.1 Å². The number of pyridine rings is 1. The molecule has 4 nitrogen and oxygen atoms in total. The number of nitrogens with one attached hydrogen (secondary N) is 1. The van der Waals surface area contributed by atoms with Crippen molar-refractivity contribution >= 4 is 11.7 Å². The van der Waals surface area contributed by atoms with Crippen molar-refractivity contribution in [1.82, 2.24) is 4.98 Å². The molecule has 2 atom stereocenters. The van der Waals surface area contributed by atoms with E-state index in [1.165, 1.54) is 0 Å². The molecular weight excluding hydrogens is 202 g/mol. The number of nitrogens with zero attached hydrogens (tertiary/aromatic N) is 1. The van der Waals surface area contributed by atoms with Gasteiger partial charge in [0.25, 0.3) is 0 Å². The Morgan fingerprint density at radius 2 is 2.31 bits per heavy atom. The average Bonchev–Trinajstić information content (AvgIpc) is 2.68. The lowest BCUT2D eigenvalue weighted by Crippen LogP contribution is -2.34. The minimum Gasteiger partial charge on any atom is -0.327 e. The summed E-state index contributed by atoms with van der Waals surface area (Å²) in [5, 5.41) is 2.81. The lowest BCUT2D eigenvalue weighted by Gasteiger charge is -2.14. The molecule has 0 aromatic carbocycles. The number of amides is 1. The van der Waals surface area contributed by atoms with Crippen molar-refractivity contribution in [3.8, 4) is 0 Å². The number of nitrogens with two attached hydrogens (primary N) is 1. The van der Waals surface area contributed by atoms with Crippen LogP contribution in [0, 0.1) is 12.8 Å². The molecular formula is C12H17N3O. The normalized spacial score (nSPS) is 24.4. The summed E-state index contributed by atoms with van der Waals surface area (Å²) in [5.74, 6) is 0.555. The summed E-state index contributed by atoms with van der Waals surface area (Å²) in [4.78, 5) is 16.0. The molecule has 1 aromatic rings. The third kappa shape index (κ3) is 2.39. The molecule has 1 aromatic heterocycles. The van der Waals surface area contributed by atoms with Crippen molar-refractivity contribution in [2.75, 3.05) is 5.32 Å². The van der Waals surface area contributed by atoms with Gasteiger partial charge in [-0.05, 0) is 31.4 Å². The van der Waals surface area contributed by atoms with E-state index in [0.717, 1.165) is 24.8 Å². The zero-order valence-corrected chi connectivity index (χ0v) is 9.44. The fourth-order valence-corrected chi connectivity index (χ4v) is 2.07. The van der Waals surface area contributed by atoms with Crippen LogP contribution >= 0.6 is 0 Å². The van der Waals surface area contributed by atoms with Crippen LogP contribution in [0.5, 0.6) is 0 Å². The quantitative estimate of drug-likeness (QED) is 0.791. The number of aromatic nitrogens is 1. The molecule has 0 saturated heterocycles. The third-order valence-electron chi connectivity index (χ3n) is 3.07. The maximum atomic E-state index is 11.9. The molecule has 1 aliphatic carbocycles. The minimum absolute atomic E-state index is 0.00125. The van der Waals surface area contributed by atoms with Gasteiger partial charge in [0.2, 0.25) is 5.91 Å². The number of carbonyl (C=O) groups is 1. The zero-order chi connectivity index (χ0) is 11.5. The molecule has 1 amide bonds. The molecule has 1 heterocycles. The fraction of sp³-hybridized carbons (Fsp3) is 0.500. The second kappa shape index (κ2) is 4.61. The van der Waals surface area contributed by atoms with Crippen molar-refractivity contribution < 1.29 is 4.79 Å². The molecule has 0 bridgehead atoms. The number of aryl methyl sites for hydroxylation is 1. The summed E-state index contributed by atoms with van der Waals surface area (Å²) in [5.41, 5.74) is 6.96. The van der Waals surface area contributed by atoms with Gasteiger partial charge in [0.05, 0.1) is 5.92 Å². The van der Waals surface area contributed by atoms with Crippen LogP contribution in [0.2, 0.25) is 0 Å². The first kappa shape index (κ1) is 11.1. The maximum absolute atomic E-state index is 11.9. The van der Waals surface area contributed by atoms with Gasteiger partial charge in [-0.15, -0.1) is 0 Å². The van der Waals surface area contributed by atoms with Gasteiger partial charge in [-0.3, -0.25) is 4.79 Å². The maximum Gasteiger partial charge on any atom is 0.230 e. The van der Waals surface area contributed by atoms with Crippen molar-refractivity contribution in [3.63, 3.8) is 0 Å². The number of carbonyl (C=O) groups excluding carboxylic acids is 1. The largest absolute Gasteiger partial charge is 0.327 e. The monoisotopic (exact) mass is 219 g/mol. The first-order valence-corrected chi connectivity index (χ1v) is 5.66. The molecule has 0 spiro atoms. The van der Waals surface area contributed by atoms with Crippen molar-refractivity contribution in [2.24, 2.45) is 11.7 Å². The first-order valence-electron chi connectivity index (χ1n) is 5.66. The second-order valence-electron chi connectivity index (χ2n) is 4.41. The lowest BCUT2D eigenvalue weighted by molar-refractivity contribution is -0.120. The van der Waals surface area contributed by atoms with Gasteiger partial charge in [0.1, 0.15) is 5.82 Å². The standard InChI is InChI=1S/C12H17N3O/c1-8-5-6-11(14-7-8)15-12(16)9-3-2-4-10(9)13/h5-7,9-10H,2-4,13H2,1H3,(H,14,15,16). The van der Waals surface area contributed by atoms with Crippen LogP contribution in [0.25, 0.3) is 0 Å². The van der Waals surface area contributed by atoms with Crippen LogP contribution in [0.4, 0.5) is 5.82 Å². The van der Waals surface area contributed by atoms with Crippen molar-refractivity contribution in [3.05, 3.63) is 23.9 Å². The van der Waals surface area contributed by atoms with Crippen LogP contribution in [0.15, 0.2) is 18.3 Å². The second-order valence-corrected chi connectivity index (χ2v) is 4.41. The molecule has 4 heteroatoms. The van der Waals surface area contributed by atoms with E-state index in [4.69, 9.17) is 5.73 Å². The Morgan fingerprint density at radius 3 is 2.88 bits per heavy atom. The molecule has 2 rings (SSSR count). The highest BCUT2D eigenvalue weighted by Crippen LogP contribution is 2.24. The van der Waals surface area contributed by atoms with Gasteiger partial charge in [0, 0.05) is 12.2 Å². The minimum atomic E-state index is -0.0527. The van der Waals surface area contributed by atoms with Gasteiger partial charge in [-0.25, -0.2) is 4.98 Å². The van der Waals surface area contributed by atoms with Gasteiger partial charge in [0.15, 0.2) is 0 Å². The van der Waals surface area contributed by atoms with Gasteiger partial charge in [-0.2, -0.15) is 0 Å². The molecule has 86 valence electrons. The summed E-state index contributed by atoms with van der Waals surface area (Å²) >= 11 is 0. The molecule has 1 fully saturated rings. The Hall–Kier alpha value is -1.42. The highest BCUT2D eigenvalue weighted by Gasteiger charge is 2.30. The highest BCUT2D eigenvalue weighted by molar-refractivity contribution is 5.92. The third-order valence-corrected chi connectivity index (χ3v) is 3.07. The Balaban J connectivity index is 1.99. The van der Waals surface area contributed by atoms with E-state index < -0.39 is 0 Å². The lowest BCUT2D eigenvalue weighted by atomic mass is 10.0. The van der Waals surface area contributed by atoms with Crippen LogP contribution in [0.1, 0.15) is 24.8 Å². The molecule has 1 aliphatic rings. The smallest absolute Gasteiger partial charge is 0.230 e. The van der Waals surface area contributed by atoms with Gasteiger partial charge in [-0.1, -0.05) is 12.5 Å². The van der Waals surface area contributed by atoms with E-state index in [0.29, 0.717) is 5.82 Å². The topological polar surface area (TPSA) is 68.0 Å². The summed E-state index contributed by atoms with van der Waals surface area (Å²) in [6, 6.07) is 3.75. The van der Waals surface area contributed by atoms with Gasteiger partial charge >= 0.3 is 0 Å². The predicted molar refractivity (Wildman–Crippen MR) is 62.9 cm³/mol. The summed E-state index contributed by atoms with van der Waals surface area (Å²) in [6.45, 7) is 1.96. The summed E-state index contributed by atoms with van der Waals surface area (Å²) in [6.07, 6.45) is 4.61. The van der Waals surface area contributed by atoms with E-state index in [9.17, 15) is 4.79 Å². The molecule has 2 unspecified atom stereocenters. The summed E-state index contributed by atoms with van der Waals surface area (Å²) in [7, 11) is 0. The number of anilines is 1. The average molecular weight is 219 g/mol. The van der Waals surface area contributed by atoms with Crippen LogP contribution in [-0.2, 0) is 4.79 Å². The van der Waals surface area contributed by atoms with E-state index in [1.54, 1.807) is 6.20 Å². The van der Waals surface area contributed by atoms with E-state index in [2.05, 4.69) is 10.3 Å². The predicted octanol–water partition coefficient (Wildman–Crippen LogP) is 1.46. The molecule has 0 radical (unpaired) electrons. The van der Waals surface area contributed by atoms with E-state index >= 15 is 0 Å². The Labute approximate surface area is 95.3 Å². The zero-order valence-electron chi connectivity index (χ0n) is 9.44. The fourth-order valence-electron chi connectivity index (χ4n) is 2.07. The van der Waals surface area contributed by atoms with Crippen molar-refractivity contribution in [2.45, 2.75) is 32.2 Å². The van der Waals surface area contributed by atoms with Crippen LogP contribution in [-0.4, -0.2) is 16.9 Å². The Bertz CT molecular complexity index is 374. The molecule has 1 saturated carbocycles. The number of hydrogen-bond donors (Lipinski definition) is 2. The molecule has 0 aliphatic heterocycles. The SMILES string of the molecule is Cc1ccc(NC(=O)C2CCCC2N)nc1. The summed E-state index contributed by atoms with van der Waals surface area (Å²) < 4.78 is 0. The Kier molecular flexibility index (Phi) is 3.19.